The summed E-state index contributed by atoms with van der Waals surface area (Å²) in [4.78, 5) is 28.7. The molecule has 0 aliphatic rings. The van der Waals surface area contributed by atoms with Crippen molar-refractivity contribution in [3.05, 3.63) is 63.1 Å². The van der Waals surface area contributed by atoms with Crippen molar-refractivity contribution in [3.63, 3.8) is 0 Å². The second kappa shape index (κ2) is 14.0. The SMILES string of the molecule is CCCNC(=O)[C@H](CC)N(Cc1ccc(Cl)cc1Cl)C(=O)CCCSc1ccc(Cl)cc1. The fourth-order valence-electron chi connectivity index (χ4n) is 3.21. The number of benzene rings is 2. The van der Waals surface area contributed by atoms with Crippen LogP contribution >= 0.6 is 46.6 Å². The van der Waals surface area contributed by atoms with E-state index in [1.165, 1.54) is 0 Å². The summed E-state index contributed by atoms with van der Waals surface area (Å²) in [7, 11) is 0. The summed E-state index contributed by atoms with van der Waals surface area (Å²) in [5, 5.41) is 4.64. The van der Waals surface area contributed by atoms with Crippen LogP contribution in [-0.4, -0.2) is 35.1 Å². The summed E-state index contributed by atoms with van der Waals surface area (Å²) < 4.78 is 0. The molecule has 2 aromatic carbocycles. The van der Waals surface area contributed by atoms with Crippen LogP contribution in [0.25, 0.3) is 0 Å². The molecule has 0 aromatic heterocycles. The van der Waals surface area contributed by atoms with Gasteiger partial charge in [-0.1, -0.05) is 54.7 Å². The molecule has 0 spiro atoms. The molecule has 4 nitrogen and oxygen atoms in total. The van der Waals surface area contributed by atoms with Gasteiger partial charge in [0, 0.05) is 39.5 Å². The normalized spacial score (nSPS) is 11.8. The van der Waals surface area contributed by atoms with Gasteiger partial charge < -0.3 is 10.2 Å². The number of amides is 2. The average Bonchev–Trinajstić information content (AvgIpc) is 2.77. The van der Waals surface area contributed by atoms with Crippen LogP contribution in [0.1, 0.15) is 45.1 Å². The van der Waals surface area contributed by atoms with E-state index < -0.39 is 6.04 Å². The van der Waals surface area contributed by atoms with E-state index in [-0.39, 0.29) is 18.4 Å². The van der Waals surface area contributed by atoms with E-state index >= 15 is 0 Å². The zero-order valence-corrected chi connectivity index (χ0v) is 21.5. The van der Waals surface area contributed by atoms with Crippen LogP contribution in [0.15, 0.2) is 47.4 Å². The number of rotatable bonds is 12. The Morgan fingerprint density at radius 3 is 2.34 bits per heavy atom. The molecule has 0 unspecified atom stereocenters. The fraction of sp³-hybridized carbons (Fsp3) is 0.417. The summed E-state index contributed by atoms with van der Waals surface area (Å²) in [6, 6.07) is 12.3. The maximum absolute atomic E-state index is 13.2. The van der Waals surface area contributed by atoms with Crippen LogP contribution in [0.2, 0.25) is 15.1 Å². The van der Waals surface area contributed by atoms with Crippen LogP contribution in [0, 0.1) is 0 Å². The number of nitrogens with one attached hydrogen (secondary N) is 1. The van der Waals surface area contributed by atoms with Gasteiger partial charge in [-0.2, -0.15) is 0 Å². The maximum atomic E-state index is 13.2. The van der Waals surface area contributed by atoms with Crippen LogP contribution in [0.4, 0.5) is 0 Å². The van der Waals surface area contributed by atoms with Crippen molar-refractivity contribution >= 4 is 58.4 Å². The van der Waals surface area contributed by atoms with Crippen LogP contribution in [-0.2, 0) is 16.1 Å². The minimum atomic E-state index is -0.551. The second-order valence-electron chi connectivity index (χ2n) is 7.38. The Balaban J connectivity index is 2.07. The van der Waals surface area contributed by atoms with Crippen molar-refractivity contribution in [1.29, 1.82) is 0 Å². The van der Waals surface area contributed by atoms with Gasteiger partial charge in [-0.05, 0) is 67.0 Å². The largest absolute Gasteiger partial charge is 0.354 e. The predicted molar refractivity (Wildman–Crippen MR) is 136 cm³/mol. The molecule has 0 fully saturated rings. The molecular weight excluding hydrogens is 487 g/mol. The van der Waals surface area contributed by atoms with Crippen molar-refractivity contribution in [3.8, 4) is 0 Å². The van der Waals surface area contributed by atoms with Crippen molar-refractivity contribution in [2.75, 3.05) is 12.3 Å². The third kappa shape index (κ3) is 8.51. The number of thioether (sulfide) groups is 1. The molecular formula is C24H29Cl3N2O2S. The van der Waals surface area contributed by atoms with E-state index in [1.807, 2.05) is 38.1 Å². The number of halogens is 3. The Bertz CT molecular complexity index is 893. The van der Waals surface area contributed by atoms with Gasteiger partial charge in [0.05, 0.1) is 0 Å². The second-order valence-corrected chi connectivity index (χ2v) is 9.83. The Labute approximate surface area is 210 Å². The summed E-state index contributed by atoms with van der Waals surface area (Å²) >= 11 is 20.0. The molecule has 0 heterocycles. The molecule has 0 saturated heterocycles. The van der Waals surface area contributed by atoms with Gasteiger partial charge in [0.1, 0.15) is 6.04 Å². The summed E-state index contributed by atoms with van der Waals surface area (Å²) in [6.45, 7) is 4.75. The summed E-state index contributed by atoms with van der Waals surface area (Å²) in [5.41, 5.74) is 0.765. The predicted octanol–water partition coefficient (Wildman–Crippen LogP) is 6.85. The lowest BCUT2D eigenvalue weighted by molar-refractivity contribution is -0.141. The minimum Gasteiger partial charge on any atom is -0.354 e. The van der Waals surface area contributed by atoms with Crippen molar-refractivity contribution < 1.29 is 9.59 Å². The number of hydrogen-bond donors (Lipinski definition) is 1. The number of carbonyl (C=O) groups is 2. The highest BCUT2D eigenvalue weighted by molar-refractivity contribution is 7.99. The zero-order chi connectivity index (χ0) is 23.5. The first-order chi connectivity index (χ1) is 15.3. The maximum Gasteiger partial charge on any atom is 0.242 e. The van der Waals surface area contributed by atoms with Crippen LogP contribution in [0.5, 0.6) is 0 Å². The minimum absolute atomic E-state index is 0.0637. The number of hydrogen-bond acceptors (Lipinski definition) is 3. The Kier molecular flexibility index (Phi) is 11.7. The molecule has 8 heteroatoms. The summed E-state index contributed by atoms with van der Waals surface area (Å²) in [5.74, 6) is 0.594. The quantitative estimate of drug-likeness (QED) is 0.248. The lowest BCUT2D eigenvalue weighted by Crippen LogP contribution is -2.49. The van der Waals surface area contributed by atoms with Crippen LogP contribution < -0.4 is 5.32 Å². The molecule has 0 aliphatic carbocycles. The van der Waals surface area contributed by atoms with Gasteiger partial charge in [0.2, 0.25) is 11.8 Å². The third-order valence-electron chi connectivity index (χ3n) is 4.91. The average molecular weight is 516 g/mol. The lowest BCUT2D eigenvalue weighted by atomic mass is 10.1. The molecule has 32 heavy (non-hydrogen) atoms. The van der Waals surface area contributed by atoms with Crippen molar-refractivity contribution in [2.24, 2.45) is 0 Å². The number of carbonyl (C=O) groups excluding carboxylic acids is 2. The van der Waals surface area contributed by atoms with Crippen molar-refractivity contribution in [2.45, 2.75) is 57.0 Å². The van der Waals surface area contributed by atoms with Gasteiger partial charge in [-0.15, -0.1) is 11.8 Å². The van der Waals surface area contributed by atoms with Gasteiger partial charge >= 0.3 is 0 Å². The van der Waals surface area contributed by atoms with Crippen LogP contribution in [0.3, 0.4) is 0 Å². The first kappa shape index (κ1) is 26.8. The molecule has 0 bridgehead atoms. The number of nitrogens with zero attached hydrogens (tertiary/aromatic N) is 1. The van der Waals surface area contributed by atoms with Gasteiger partial charge in [-0.25, -0.2) is 0 Å². The van der Waals surface area contributed by atoms with Gasteiger partial charge in [0.25, 0.3) is 0 Å². The van der Waals surface area contributed by atoms with Crippen molar-refractivity contribution in [1.82, 2.24) is 10.2 Å². The Morgan fingerprint density at radius 1 is 1.03 bits per heavy atom. The van der Waals surface area contributed by atoms with Gasteiger partial charge in [0.15, 0.2) is 0 Å². The molecule has 0 radical (unpaired) electrons. The first-order valence-electron chi connectivity index (χ1n) is 10.7. The molecule has 2 aromatic rings. The highest BCUT2D eigenvalue weighted by atomic mass is 35.5. The summed E-state index contributed by atoms with van der Waals surface area (Å²) in [6.07, 6.45) is 2.40. The zero-order valence-electron chi connectivity index (χ0n) is 18.4. The van der Waals surface area contributed by atoms with E-state index in [2.05, 4.69) is 5.32 Å². The highest BCUT2D eigenvalue weighted by Crippen LogP contribution is 2.25. The standard InChI is InChI=1S/C24H29Cl3N2O2S/c1-3-13-28-24(31)22(4-2)29(16-17-7-8-19(26)15-21(17)27)23(30)6-5-14-32-20-11-9-18(25)10-12-20/h7-12,15,22H,3-6,13-14,16H2,1-2H3,(H,28,31)/t22-/m0/s1. The van der Waals surface area contributed by atoms with Gasteiger partial charge in [-0.3, -0.25) is 9.59 Å². The smallest absolute Gasteiger partial charge is 0.242 e. The van der Waals surface area contributed by atoms with E-state index in [1.54, 1.807) is 34.9 Å². The fourth-order valence-corrected chi connectivity index (χ4v) is 4.65. The van der Waals surface area contributed by atoms with E-state index in [9.17, 15) is 9.59 Å². The molecule has 1 N–H and O–H groups in total. The third-order valence-corrected chi connectivity index (χ3v) is 6.85. The molecule has 0 aliphatic heterocycles. The monoisotopic (exact) mass is 514 g/mol. The molecule has 1 atom stereocenters. The molecule has 2 rings (SSSR count). The molecule has 2 amide bonds. The van der Waals surface area contributed by atoms with E-state index in [0.29, 0.717) is 40.9 Å². The lowest BCUT2D eigenvalue weighted by Gasteiger charge is -2.31. The topological polar surface area (TPSA) is 49.4 Å². The van der Waals surface area contributed by atoms with E-state index in [0.717, 1.165) is 22.6 Å². The highest BCUT2D eigenvalue weighted by Gasteiger charge is 2.28. The molecule has 174 valence electrons. The Hall–Kier alpha value is -1.40. The first-order valence-corrected chi connectivity index (χ1v) is 12.9. The Morgan fingerprint density at radius 2 is 1.72 bits per heavy atom. The van der Waals surface area contributed by atoms with E-state index in [4.69, 9.17) is 34.8 Å². The molecule has 0 saturated carbocycles.